The van der Waals surface area contributed by atoms with E-state index in [1.165, 1.54) is 18.3 Å². The number of thioether (sulfide) groups is 1. The molecule has 1 aliphatic rings. The number of hydrogen-bond donors (Lipinski definition) is 2. The maximum Gasteiger partial charge on any atom is 0.447 e. The largest absolute Gasteiger partial charge is 0.447 e. The van der Waals surface area contributed by atoms with Crippen LogP contribution in [-0.2, 0) is 0 Å². The van der Waals surface area contributed by atoms with Gasteiger partial charge in [-0.05, 0) is 37.6 Å². The lowest BCUT2D eigenvalue weighted by Gasteiger charge is -2.30. The second-order valence-electron chi connectivity index (χ2n) is 4.95. The summed E-state index contributed by atoms with van der Waals surface area (Å²) in [5, 5.41) is 5.70. The lowest BCUT2D eigenvalue weighted by atomic mass is 9.95. The fourth-order valence-electron chi connectivity index (χ4n) is 2.23. The van der Waals surface area contributed by atoms with Crippen molar-refractivity contribution in [2.24, 2.45) is 5.92 Å². The van der Waals surface area contributed by atoms with Crippen LogP contribution in [0.25, 0.3) is 0 Å². The fourth-order valence-corrected chi connectivity index (χ4v) is 2.83. The lowest BCUT2D eigenvalue weighted by molar-refractivity contribution is -0.0329. The second kappa shape index (κ2) is 6.65. The molecule has 116 valence electrons. The van der Waals surface area contributed by atoms with Gasteiger partial charge in [-0.15, -0.1) is 0 Å². The Morgan fingerprint density at radius 2 is 2.29 bits per heavy atom. The lowest BCUT2D eigenvalue weighted by Crippen LogP contribution is -2.48. The Labute approximate surface area is 124 Å². The van der Waals surface area contributed by atoms with Crippen molar-refractivity contribution in [1.82, 2.24) is 15.6 Å². The highest BCUT2D eigenvalue weighted by molar-refractivity contribution is 8.00. The average molecular weight is 319 g/mol. The number of aromatic nitrogens is 1. The first-order valence-corrected chi connectivity index (χ1v) is 7.41. The second-order valence-corrected chi connectivity index (χ2v) is 6.01. The van der Waals surface area contributed by atoms with Gasteiger partial charge in [0, 0.05) is 24.0 Å². The molecule has 1 aromatic heterocycles. The molecule has 0 saturated carbocycles. The van der Waals surface area contributed by atoms with Gasteiger partial charge in [-0.2, -0.15) is 13.2 Å². The number of nitrogens with one attached hydrogen (secondary N) is 2. The number of alkyl halides is 3. The molecule has 1 aromatic rings. The molecule has 8 heteroatoms. The van der Waals surface area contributed by atoms with Crippen molar-refractivity contribution >= 4 is 17.7 Å². The van der Waals surface area contributed by atoms with E-state index in [4.69, 9.17) is 0 Å². The van der Waals surface area contributed by atoms with Crippen LogP contribution in [0.2, 0.25) is 0 Å². The number of halogens is 3. The van der Waals surface area contributed by atoms with Crippen molar-refractivity contribution in [3.05, 3.63) is 23.9 Å². The summed E-state index contributed by atoms with van der Waals surface area (Å²) in [7, 11) is 0. The minimum absolute atomic E-state index is 0.0365. The highest BCUT2D eigenvalue weighted by Gasteiger charge is 2.33. The Hall–Kier alpha value is -1.28. The van der Waals surface area contributed by atoms with E-state index in [9.17, 15) is 18.0 Å². The van der Waals surface area contributed by atoms with Crippen LogP contribution < -0.4 is 10.6 Å². The van der Waals surface area contributed by atoms with Gasteiger partial charge in [-0.1, -0.05) is 6.92 Å². The Morgan fingerprint density at radius 3 is 2.95 bits per heavy atom. The molecule has 2 atom stereocenters. The molecular weight excluding hydrogens is 303 g/mol. The number of rotatable bonds is 3. The van der Waals surface area contributed by atoms with Crippen molar-refractivity contribution < 1.29 is 18.0 Å². The van der Waals surface area contributed by atoms with Gasteiger partial charge in [-0.3, -0.25) is 4.79 Å². The number of pyridine rings is 1. The molecule has 1 amide bonds. The molecule has 1 aliphatic heterocycles. The minimum Gasteiger partial charge on any atom is -0.349 e. The quantitative estimate of drug-likeness (QED) is 0.840. The zero-order chi connectivity index (χ0) is 15.5. The van der Waals surface area contributed by atoms with Crippen molar-refractivity contribution in [2.75, 3.05) is 13.1 Å². The van der Waals surface area contributed by atoms with Gasteiger partial charge in [0.1, 0.15) is 5.03 Å². The summed E-state index contributed by atoms with van der Waals surface area (Å²) >= 11 is -0.366. The molecule has 4 nitrogen and oxygen atoms in total. The average Bonchev–Trinajstić information content (AvgIpc) is 2.40. The van der Waals surface area contributed by atoms with Crippen molar-refractivity contribution in [3.63, 3.8) is 0 Å². The van der Waals surface area contributed by atoms with E-state index in [0.717, 1.165) is 19.5 Å². The third-order valence-electron chi connectivity index (χ3n) is 3.33. The molecule has 1 saturated heterocycles. The third-order valence-corrected chi connectivity index (χ3v) is 4.08. The maximum atomic E-state index is 12.5. The van der Waals surface area contributed by atoms with Crippen LogP contribution in [0, 0.1) is 5.92 Å². The van der Waals surface area contributed by atoms with E-state index in [0.29, 0.717) is 0 Å². The highest BCUT2D eigenvalue weighted by atomic mass is 32.2. The number of carbonyl (C=O) groups excluding carboxylic acids is 1. The minimum atomic E-state index is -4.47. The molecule has 2 unspecified atom stereocenters. The first-order chi connectivity index (χ1) is 9.87. The Balaban J connectivity index is 2.11. The SMILES string of the molecule is CC1CNCCC1NC(=O)c1cccnc1SC(F)(F)F. The van der Waals surface area contributed by atoms with E-state index < -0.39 is 11.4 Å². The van der Waals surface area contributed by atoms with Crippen LogP contribution in [-0.4, -0.2) is 35.5 Å². The predicted octanol–water partition coefficient (Wildman–Crippen LogP) is 2.42. The molecule has 0 aliphatic carbocycles. The van der Waals surface area contributed by atoms with Gasteiger partial charge in [0.15, 0.2) is 0 Å². The van der Waals surface area contributed by atoms with Crippen LogP contribution in [0.4, 0.5) is 13.2 Å². The van der Waals surface area contributed by atoms with Gasteiger partial charge in [0.25, 0.3) is 5.91 Å². The first-order valence-electron chi connectivity index (χ1n) is 6.59. The topological polar surface area (TPSA) is 54.0 Å². The summed E-state index contributed by atoms with van der Waals surface area (Å²) < 4.78 is 37.5. The molecule has 0 spiro atoms. The third kappa shape index (κ3) is 4.60. The van der Waals surface area contributed by atoms with Crippen LogP contribution in [0.15, 0.2) is 23.4 Å². The summed E-state index contributed by atoms with van der Waals surface area (Å²) in [5.41, 5.74) is -4.50. The summed E-state index contributed by atoms with van der Waals surface area (Å²) in [5.74, 6) is -0.272. The van der Waals surface area contributed by atoms with Crippen molar-refractivity contribution in [3.8, 4) is 0 Å². The molecule has 2 rings (SSSR count). The van der Waals surface area contributed by atoms with Gasteiger partial charge in [0.2, 0.25) is 0 Å². The molecule has 21 heavy (non-hydrogen) atoms. The normalized spacial score (nSPS) is 22.9. The number of hydrogen-bond acceptors (Lipinski definition) is 4. The Bertz CT molecular complexity index is 510. The van der Waals surface area contributed by atoms with E-state index in [1.807, 2.05) is 6.92 Å². The molecule has 0 aromatic carbocycles. The molecule has 2 N–H and O–H groups in total. The van der Waals surface area contributed by atoms with E-state index in [2.05, 4.69) is 15.6 Å². The maximum absolute atomic E-state index is 12.5. The van der Waals surface area contributed by atoms with Gasteiger partial charge < -0.3 is 10.6 Å². The van der Waals surface area contributed by atoms with Gasteiger partial charge in [-0.25, -0.2) is 4.98 Å². The molecule has 2 heterocycles. The Morgan fingerprint density at radius 1 is 1.52 bits per heavy atom. The summed E-state index contributed by atoms with van der Waals surface area (Å²) in [6.07, 6.45) is 2.01. The number of nitrogens with zero attached hydrogens (tertiary/aromatic N) is 1. The fraction of sp³-hybridized carbons (Fsp3) is 0.538. The van der Waals surface area contributed by atoms with Gasteiger partial charge >= 0.3 is 5.51 Å². The summed E-state index contributed by atoms with van der Waals surface area (Å²) in [6.45, 7) is 3.56. The van der Waals surface area contributed by atoms with Crippen molar-refractivity contribution in [2.45, 2.75) is 29.9 Å². The zero-order valence-corrected chi connectivity index (χ0v) is 12.2. The molecule has 0 bridgehead atoms. The Kier molecular flexibility index (Phi) is 5.10. The standard InChI is InChI=1S/C13H16F3N3OS/c1-8-7-17-6-4-10(8)19-11(20)9-3-2-5-18-12(9)21-13(14,15)16/h2-3,5,8,10,17H,4,6-7H2,1H3,(H,19,20). The summed E-state index contributed by atoms with van der Waals surface area (Å²) in [6, 6.07) is 2.78. The van der Waals surface area contributed by atoms with Gasteiger partial charge in [0.05, 0.1) is 5.56 Å². The molecule has 1 fully saturated rings. The number of amides is 1. The first kappa shape index (κ1) is 16.1. The van der Waals surface area contributed by atoms with Crippen LogP contribution in [0.3, 0.4) is 0 Å². The predicted molar refractivity (Wildman–Crippen MR) is 74.1 cm³/mol. The highest BCUT2D eigenvalue weighted by Crippen LogP contribution is 2.37. The molecule has 0 radical (unpaired) electrons. The van der Waals surface area contributed by atoms with E-state index in [1.54, 1.807) is 0 Å². The van der Waals surface area contributed by atoms with E-state index >= 15 is 0 Å². The van der Waals surface area contributed by atoms with Crippen molar-refractivity contribution in [1.29, 1.82) is 0 Å². The number of piperidine rings is 1. The summed E-state index contributed by atoms with van der Waals surface area (Å²) in [4.78, 5) is 15.9. The van der Waals surface area contributed by atoms with Crippen LogP contribution in [0.5, 0.6) is 0 Å². The van der Waals surface area contributed by atoms with Crippen LogP contribution >= 0.6 is 11.8 Å². The smallest absolute Gasteiger partial charge is 0.349 e. The monoisotopic (exact) mass is 319 g/mol. The molecular formula is C13H16F3N3OS. The van der Waals surface area contributed by atoms with Crippen LogP contribution in [0.1, 0.15) is 23.7 Å². The zero-order valence-electron chi connectivity index (χ0n) is 11.4. The van der Waals surface area contributed by atoms with E-state index in [-0.39, 0.29) is 34.3 Å². The number of carbonyl (C=O) groups is 1.